The number of ketones is 1. The van der Waals surface area contributed by atoms with Crippen molar-refractivity contribution in [1.29, 1.82) is 0 Å². The Labute approximate surface area is 178 Å². The van der Waals surface area contributed by atoms with Gasteiger partial charge in [0.05, 0.1) is 23.9 Å². The van der Waals surface area contributed by atoms with Crippen LogP contribution in [0.2, 0.25) is 5.02 Å². The number of halogens is 1. The molecule has 0 saturated carbocycles. The first-order valence-corrected chi connectivity index (χ1v) is 9.72. The average Bonchev–Trinajstić information content (AvgIpc) is 3.12. The molecule has 1 fully saturated rings. The van der Waals surface area contributed by atoms with Crippen molar-refractivity contribution >= 4 is 46.9 Å². The minimum Gasteiger partial charge on any atom is -0.450 e. The molecule has 2 atom stereocenters. The van der Waals surface area contributed by atoms with E-state index in [1.54, 1.807) is 6.92 Å². The van der Waals surface area contributed by atoms with Gasteiger partial charge in [0.2, 0.25) is 11.7 Å². The highest BCUT2D eigenvalue weighted by molar-refractivity contribution is 6.38. The zero-order valence-electron chi connectivity index (χ0n) is 16.5. The predicted molar refractivity (Wildman–Crippen MR) is 108 cm³/mol. The molecule has 0 unspecified atom stereocenters. The molecular weight excluding hydrogens is 416 g/mol. The van der Waals surface area contributed by atoms with E-state index >= 15 is 0 Å². The fourth-order valence-corrected chi connectivity index (χ4v) is 3.17. The molecule has 1 aliphatic rings. The number of hydrogen-bond acceptors (Lipinski definition) is 6. The number of Topliss-reactive ketones (excluding diaryl/α,β-unsaturated/α-hetero) is 1. The molecule has 162 valence electrons. The van der Waals surface area contributed by atoms with E-state index in [1.165, 1.54) is 25.2 Å². The number of rotatable bonds is 8. The fraction of sp³-hybridized carbons (Fsp3) is 0.421. The summed E-state index contributed by atoms with van der Waals surface area (Å²) in [5.74, 6) is -3.28. The lowest BCUT2D eigenvalue weighted by molar-refractivity contribution is -0.139. The minimum atomic E-state index is -1.24. The number of carbonyl (C=O) groups is 5. The number of ether oxygens (including phenoxy) is 1. The molecule has 30 heavy (non-hydrogen) atoms. The second-order valence-electron chi connectivity index (χ2n) is 6.52. The number of amides is 4. The third kappa shape index (κ3) is 5.93. The highest BCUT2D eigenvalue weighted by Gasteiger charge is 2.34. The molecule has 11 heteroatoms. The summed E-state index contributed by atoms with van der Waals surface area (Å²) in [6, 6.07) is 2.95. The van der Waals surface area contributed by atoms with Gasteiger partial charge in [-0.25, -0.2) is 4.79 Å². The van der Waals surface area contributed by atoms with E-state index in [-0.39, 0.29) is 35.2 Å². The molecule has 2 rings (SSSR count). The van der Waals surface area contributed by atoms with Gasteiger partial charge in [0, 0.05) is 24.5 Å². The zero-order valence-corrected chi connectivity index (χ0v) is 17.3. The molecule has 1 aromatic carbocycles. The second-order valence-corrected chi connectivity index (χ2v) is 6.95. The van der Waals surface area contributed by atoms with Crippen LogP contribution in [0, 0.1) is 5.92 Å². The van der Waals surface area contributed by atoms with E-state index < -0.39 is 35.7 Å². The quantitative estimate of drug-likeness (QED) is 0.443. The van der Waals surface area contributed by atoms with E-state index in [4.69, 9.17) is 16.3 Å². The molecular formula is C19H23ClN4O6. The second kappa shape index (κ2) is 10.6. The van der Waals surface area contributed by atoms with Gasteiger partial charge in [-0.15, -0.1) is 0 Å². The van der Waals surface area contributed by atoms with Crippen LogP contribution >= 0.6 is 11.6 Å². The molecule has 0 aliphatic carbocycles. The highest BCUT2D eigenvalue weighted by Crippen LogP contribution is 2.22. The molecule has 4 amide bonds. The first-order chi connectivity index (χ1) is 14.3. The first-order valence-electron chi connectivity index (χ1n) is 9.34. The number of nitrogens with one attached hydrogen (secondary N) is 4. The number of likely N-dealkylation sites (N-methyl/N-ethyl adjacent to an activating group) is 1. The summed E-state index contributed by atoms with van der Waals surface area (Å²) < 4.78 is 4.81. The number of carbonyl (C=O) groups excluding carboxylic acids is 5. The molecule has 0 radical (unpaired) electrons. The Morgan fingerprint density at radius 1 is 1.30 bits per heavy atom. The van der Waals surface area contributed by atoms with Gasteiger partial charge in [0.15, 0.2) is 0 Å². The van der Waals surface area contributed by atoms with Crippen molar-refractivity contribution < 1.29 is 28.7 Å². The van der Waals surface area contributed by atoms with Gasteiger partial charge in [-0.2, -0.15) is 0 Å². The molecule has 1 aromatic rings. The fourth-order valence-electron chi connectivity index (χ4n) is 2.99. The SMILES string of the molecule is CCOC(=O)Nc1ccc(Cl)cc1C(=O)N[C@@H](C[C@@H]1CCNC1=O)C(=O)C(=O)NC. The first kappa shape index (κ1) is 23.1. The van der Waals surface area contributed by atoms with Crippen molar-refractivity contribution in [1.82, 2.24) is 16.0 Å². The Morgan fingerprint density at radius 3 is 2.63 bits per heavy atom. The zero-order chi connectivity index (χ0) is 22.3. The van der Waals surface area contributed by atoms with Crippen molar-refractivity contribution in [3.63, 3.8) is 0 Å². The van der Waals surface area contributed by atoms with Crippen LogP contribution in [0.15, 0.2) is 18.2 Å². The van der Waals surface area contributed by atoms with Crippen molar-refractivity contribution in [2.24, 2.45) is 5.92 Å². The molecule has 0 bridgehead atoms. The van der Waals surface area contributed by atoms with Crippen molar-refractivity contribution in [3.05, 3.63) is 28.8 Å². The number of hydrogen-bond donors (Lipinski definition) is 4. The smallest absolute Gasteiger partial charge is 0.411 e. The Bertz CT molecular complexity index is 859. The van der Waals surface area contributed by atoms with Gasteiger partial charge >= 0.3 is 6.09 Å². The van der Waals surface area contributed by atoms with Gasteiger partial charge < -0.3 is 20.7 Å². The van der Waals surface area contributed by atoms with Crippen molar-refractivity contribution in [2.45, 2.75) is 25.8 Å². The van der Waals surface area contributed by atoms with Gasteiger partial charge in [-0.05, 0) is 38.0 Å². The summed E-state index contributed by atoms with van der Waals surface area (Å²) in [4.78, 5) is 60.9. The minimum absolute atomic E-state index is 0.0267. The van der Waals surface area contributed by atoms with E-state index in [2.05, 4.69) is 21.3 Å². The molecule has 0 spiro atoms. The Kier molecular flexibility index (Phi) is 8.16. The molecule has 1 saturated heterocycles. The van der Waals surface area contributed by atoms with Gasteiger partial charge in [0.25, 0.3) is 11.8 Å². The van der Waals surface area contributed by atoms with Gasteiger partial charge in [0.1, 0.15) is 0 Å². The maximum absolute atomic E-state index is 12.9. The van der Waals surface area contributed by atoms with Crippen LogP contribution in [0.5, 0.6) is 0 Å². The third-order valence-corrected chi connectivity index (χ3v) is 4.73. The van der Waals surface area contributed by atoms with Crippen LogP contribution in [-0.4, -0.2) is 55.8 Å². The topological polar surface area (TPSA) is 143 Å². The Hall–Kier alpha value is -3.14. The van der Waals surface area contributed by atoms with Crippen molar-refractivity contribution in [2.75, 3.05) is 25.5 Å². The maximum atomic E-state index is 12.9. The normalized spacial score (nSPS) is 16.2. The van der Waals surface area contributed by atoms with Gasteiger partial charge in [-0.1, -0.05) is 11.6 Å². The summed E-state index contributed by atoms with van der Waals surface area (Å²) >= 11 is 5.98. The van der Waals surface area contributed by atoms with Crippen LogP contribution < -0.4 is 21.3 Å². The van der Waals surface area contributed by atoms with E-state index in [0.29, 0.717) is 13.0 Å². The largest absolute Gasteiger partial charge is 0.450 e. The van der Waals surface area contributed by atoms with E-state index in [1.807, 2.05) is 0 Å². The number of anilines is 1. The molecule has 10 nitrogen and oxygen atoms in total. The maximum Gasteiger partial charge on any atom is 0.411 e. The molecule has 4 N–H and O–H groups in total. The number of benzene rings is 1. The third-order valence-electron chi connectivity index (χ3n) is 4.49. The molecule has 1 aliphatic heterocycles. The van der Waals surface area contributed by atoms with Crippen LogP contribution in [0.3, 0.4) is 0 Å². The lowest BCUT2D eigenvalue weighted by atomic mass is 9.95. The van der Waals surface area contributed by atoms with Crippen molar-refractivity contribution in [3.8, 4) is 0 Å². The highest BCUT2D eigenvalue weighted by atomic mass is 35.5. The van der Waals surface area contributed by atoms with E-state index in [0.717, 1.165) is 0 Å². The van der Waals surface area contributed by atoms with Crippen LogP contribution in [-0.2, 0) is 19.1 Å². The van der Waals surface area contributed by atoms with Crippen LogP contribution in [0.1, 0.15) is 30.1 Å². The summed E-state index contributed by atoms with van der Waals surface area (Å²) in [6.45, 7) is 2.22. The average molecular weight is 439 g/mol. The van der Waals surface area contributed by atoms with Crippen LogP contribution in [0.25, 0.3) is 0 Å². The predicted octanol–water partition coefficient (Wildman–Crippen LogP) is 0.848. The Morgan fingerprint density at radius 2 is 2.03 bits per heavy atom. The molecule has 0 aromatic heterocycles. The molecule has 1 heterocycles. The Balaban J connectivity index is 2.26. The summed E-state index contributed by atoms with van der Waals surface area (Å²) in [7, 11) is 1.29. The standard InChI is InChI=1S/C19H23ClN4O6/c1-3-30-19(29)24-13-5-4-11(20)9-12(13)17(27)23-14(15(25)18(28)21-2)8-10-6-7-22-16(10)26/h4-5,9-10,14H,3,6-8H2,1-2H3,(H,21,28)(H,22,26)(H,23,27)(H,24,29)/t10-,14-/m0/s1. The summed E-state index contributed by atoms with van der Waals surface area (Å²) in [5, 5.41) is 10.0. The lowest BCUT2D eigenvalue weighted by Crippen LogP contribution is -2.48. The lowest BCUT2D eigenvalue weighted by Gasteiger charge is -2.20. The van der Waals surface area contributed by atoms with E-state index in [9.17, 15) is 24.0 Å². The summed E-state index contributed by atoms with van der Waals surface area (Å²) in [5.41, 5.74) is 0.0845. The van der Waals surface area contributed by atoms with Gasteiger partial charge in [-0.3, -0.25) is 24.5 Å². The van der Waals surface area contributed by atoms with Crippen LogP contribution in [0.4, 0.5) is 10.5 Å². The summed E-state index contributed by atoms with van der Waals surface area (Å²) in [6.07, 6.45) is -0.320. The monoisotopic (exact) mass is 438 g/mol.